The summed E-state index contributed by atoms with van der Waals surface area (Å²) in [5, 5.41) is 24.5. The van der Waals surface area contributed by atoms with E-state index in [0.717, 1.165) is 39.1 Å². The van der Waals surface area contributed by atoms with E-state index in [-0.39, 0.29) is 50.1 Å². The van der Waals surface area contributed by atoms with Crippen molar-refractivity contribution in [2.75, 3.05) is 29.2 Å². The number of para-hydroxylation sites is 2. The highest BCUT2D eigenvalue weighted by Crippen LogP contribution is 2.39. The largest absolute Gasteiger partial charge is 0.397 e. The molecule has 10 heteroatoms. The molecule has 0 saturated carbocycles. The molecule has 4 aromatic carbocycles. The highest BCUT2D eigenvalue weighted by atomic mass is 32.2. The first-order chi connectivity index (χ1) is 23.4. The highest BCUT2D eigenvalue weighted by molar-refractivity contribution is 7.99. The molecule has 2 amide bonds. The molecule has 1 aliphatic heterocycles. The van der Waals surface area contributed by atoms with Gasteiger partial charge in [-0.15, -0.1) is 0 Å². The van der Waals surface area contributed by atoms with E-state index < -0.39 is 6.29 Å². The van der Waals surface area contributed by atoms with E-state index in [9.17, 15) is 19.8 Å². The van der Waals surface area contributed by atoms with E-state index >= 15 is 0 Å². The number of benzene rings is 4. The molecule has 0 radical (unpaired) electrons. The summed E-state index contributed by atoms with van der Waals surface area (Å²) in [6.07, 6.45) is 0.799. The van der Waals surface area contributed by atoms with Gasteiger partial charge in [0.1, 0.15) is 0 Å². The third-order valence-electron chi connectivity index (χ3n) is 8.18. The molecular formula is C38H43N3O6S. The van der Waals surface area contributed by atoms with Gasteiger partial charge in [0.15, 0.2) is 6.29 Å². The molecular weight excluding hydrogens is 627 g/mol. The second-order valence-corrected chi connectivity index (χ2v) is 12.8. The van der Waals surface area contributed by atoms with Gasteiger partial charge >= 0.3 is 0 Å². The Hall–Kier alpha value is -4.19. The number of nitrogens with one attached hydrogen (secondary N) is 2. The molecule has 1 saturated heterocycles. The maximum Gasteiger partial charge on any atom is 0.224 e. The summed E-state index contributed by atoms with van der Waals surface area (Å²) in [6.45, 7) is 0.481. The van der Waals surface area contributed by atoms with Crippen molar-refractivity contribution in [3.8, 4) is 11.1 Å². The van der Waals surface area contributed by atoms with Gasteiger partial charge in [-0.3, -0.25) is 9.59 Å². The summed E-state index contributed by atoms with van der Waals surface area (Å²) < 4.78 is 12.9. The fourth-order valence-corrected chi connectivity index (χ4v) is 6.37. The minimum absolute atomic E-state index is 0.00792. The fourth-order valence-electron chi connectivity index (χ4n) is 5.59. The maximum absolute atomic E-state index is 12.6. The number of nitrogen functional groups attached to an aromatic ring is 1. The number of nitrogens with two attached hydrogens (primary N) is 1. The Morgan fingerprint density at radius 2 is 1.54 bits per heavy atom. The number of hydrogen-bond donors (Lipinski definition) is 5. The number of aliphatic hydroxyl groups excluding tert-OH is 2. The molecule has 1 aliphatic rings. The third kappa shape index (κ3) is 9.91. The lowest BCUT2D eigenvalue weighted by Crippen LogP contribution is -2.31. The Morgan fingerprint density at radius 3 is 2.29 bits per heavy atom. The second kappa shape index (κ2) is 17.8. The average Bonchev–Trinajstić information content (AvgIpc) is 3.12. The molecule has 5 rings (SSSR count). The predicted molar refractivity (Wildman–Crippen MR) is 190 cm³/mol. The van der Waals surface area contributed by atoms with Crippen LogP contribution < -0.4 is 16.4 Å². The van der Waals surface area contributed by atoms with Crippen molar-refractivity contribution < 1.29 is 29.3 Å². The molecule has 0 aromatic heterocycles. The van der Waals surface area contributed by atoms with Gasteiger partial charge in [-0.05, 0) is 46.4 Å². The topological polar surface area (TPSA) is 143 Å². The Labute approximate surface area is 285 Å². The van der Waals surface area contributed by atoms with Gasteiger partial charge in [-0.2, -0.15) is 11.8 Å². The maximum atomic E-state index is 12.6. The van der Waals surface area contributed by atoms with Crippen LogP contribution in [0.3, 0.4) is 0 Å². The first-order valence-corrected chi connectivity index (χ1v) is 17.4. The molecule has 0 spiro atoms. The van der Waals surface area contributed by atoms with Gasteiger partial charge in [-0.25, -0.2) is 0 Å². The van der Waals surface area contributed by atoms with E-state index in [2.05, 4.69) is 10.6 Å². The number of aliphatic hydroxyl groups is 2. The molecule has 0 aliphatic carbocycles. The lowest BCUT2D eigenvalue weighted by molar-refractivity contribution is -0.245. The summed E-state index contributed by atoms with van der Waals surface area (Å²) in [4.78, 5) is 24.9. The molecule has 0 bridgehead atoms. The number of amides is 2. The second-order valence-electron chi connectivity index (χ2n) is 11.7. The van der Waals surface area contributed by atoms with Gasteiger partial charge < -0.3 is 36.1 Å². The third-order valence-corrected chi connectivity index (χ3v) is 9.26. The Morgan fingerprint density at radius 1 is 0.833 bits per heavy atom. The summed E-state index contributed by atoms with van der Waals surface area (Å²) >= 11 is 1.66. The van der Waals surface area contributed by atoms with Crippen LogP contribution in [0.1, 0.15) is 60.3 Å². The summed E-state index contributed by atoms with van der Waals surface area (Å²) in [5.41, 5.74) is 12.7. The Kier molecular flexibility index (Phi) is 13.0. The SMILES string of the molecule is Nc1ccccc1NC(=O)CCCC(=O)NCc1ccccc1-c1ccc([C@@H]2O[C@H](CSCCO)C[C@H](c3ccc(CO)cc3)O2)cc1. The van der Waals surface area contributed by atoms with Crippen LogP contribution in [0.2, 0.25) is 0 Å². The van der Waals surface area contributed by atoms with E-state index in [1.807, 2.05) is 72.8 Å². The van der Waals surface area contributed by atoms with Crippen molar-refractivity contribution in [1.82, 2.24) is 5.32 Å². The van der Waals surface area contributed by atoms with Crippen LogP contribution in [0, 0.1) is 0 Å². The number of carbonyl (C=O) groups excluding carboxylic acids is 2. The molecule has 6 N–H and O–H groups in total. The highest BCUT2D eigenvalue weighted by Gasteiger charge is 2.32. The van der Waals surface area contributed by atoms with Gasteiger partial charge in [0, 0.05) is 42.9 Å². The molecule has 1 fully saturated rings. The summed E-state index contributed by atoms with van der Waals surface area (Å²) in [7, 11) is 0. The van der Waals surface area contributed by atoms with Crippen molar-refractivity contribution in [3.05, 3.63) is 119 Å². The number of ether oxygens (including phenoxy) is 2. The van der Waals surface area contributed by atoms with Gasteiger partial charge in [0.05, 0.1) is 36.8 Å². The van der Waals surface area contributed by atoms with Crippen LogP contribution in [0.15, 0.2) is 97.1 Å². The molecule has 4 aromatic rings. The zero-order chi connectivity index (χ0) is 33.7. The number of thioether (sulfide) groups is 1. The van der Waals surface area contributed by atoms with Crippen molar-refractivity contribution in [2.45, 2.75) is 57.3 Å². The van der Waals surface area contributed by atoms with Crippen molar-refractivity contribution in [2.24, 2.45) is 0 Å². The van der Waals surface area contributed by atoms with Gasteiger partial charge in [-0.1, -0.05) is 84.9 Å². The minimum atomic E-state index is -0.559. The summed E-state index contributed by atoms with van der Waals surface area (Å²) in [5.74, 6) is 1.10. The number of rotatable bonds is 15. The number of hydrogen-bond acceptors (Lipinski definition) is 8. The minimum Gasteiger partial charge on any atom is -0.397 e. The van der Waals surface area contributed by atoms with Crippen LogP contribution in [0.25, 0.3) is 11.1 Å². The molecule has 48 heavy (non-hydrogen) atoms. The first kappa shape index (κ1) is 35.1. The lowest BCUT2D eigenvalue weighted by atomic mass is 9.97. The number of carbonyl (C=O) groups is 2. The van der Waals surface area contributed by atoms with Crippen LogP contribution in [-0.4, -0.2) is 46.2 Å². The zero-order valence-corrected chi connectivity index (χ0v) is 27.7. The quantitative estimate of drug-likeness (QED) is 0.0753. The molecule has 0 unspecified atom stereocenters. The predicted octanol–water partition coefficient (Wildman–Crippen LogP) is 6.12. The molecule has 3 atom stereocenters. The van der Waals surface area contributed by atoms with Crippen LogP contribution in [0.4, 0.5) is 11.4 Å². The zero-order valence-electron chi connectivity index (χ0n) is 26.8. The standard InChI is InChI=1S/C38H43N3O6S/c39-33-8-3-4-9-34(33)41-37(45)11-5-10-36(44)40-23-30-6-1-2-7-32(30)27-16-18-29(19-17-27)38-46-31(25-48-21-20-42)22-35(47-38)28-14-12-26(24-43)13-15-28/h1-4,6-9,12-19,31,35,38,42-43H,5,10-11,20-25,39H2,(H,40,44)(H,41,45)/t31-,35+,38+/m0/s1. The molecule has 9 nitrogen and oxygen atoms in total. The molecule has 1 heterocycles. The monoisotopic (exact) mass is 669 g/mol. The molecule has 252 valence electrons. The van der Waals surface area contributed by atoms with E-state index in [0.29, 0.717) is 36.5 Å². The average molecular weight is 670 g/mol. The van der Waals surface area contributed by atoms with Crippen molar-refractivity contribution >= 4 is 35.0 Å². The van der Waals surface area contributed by atoms with E-state index in [1.54, 1.807) is 36.0 Å². The van der Waals surface area contributed by atoms with Crippen LogP contribution in [0.5, 0.6) is 0 Å². The Balaban J connectivity index is 1.18. The van der Waals surface area contributed by atoms with E-state index in [1.165, 1.54) is 0 Å². The lowest BCUT2D eigenvalue weighted by Gasteiger charge is -2.36. The van der Waals surface area contributed by atoms with Gasteiger partial charge in [0.2, 0.25) is 11.8 Å². The first-order valence-electron chi connectivity index (χ1n) is 16.2. The summed E-state index contributed by atoms with van der Waals surface area (Å²) in [6, 6.07) is 30.9. The Bertz CT molecular complexity index is 1630. The van der Waals surface area contributed by atoms with Crippen LogP contribution >= 0.6 is 11.8 Å². The normalized spacial score (nSPS) is 17.5. The van der Waals surface area contributed by atoms with Crippen molar-refractivity contribution in [1.29, 1.82) is 0 Å². The van der Waals surface area contributed by atoms with Gasteiger partial charge in [0.25, 0.3) is 0 Å². The van der Waals surface area contributed by atoms with Crippen LogP contribution in [-0.2, 0) is 32.2 Å². The van der Waals surface area contributed by atoms with E-state index in [4.69, 9.17) is 15.2 Å². The van der Waals surface area contributed by atoms with Crippen molar-refractivity contribution in [3.63, 3.8) is 0 Å². The fraction of sp³-hybridized carbons (Fsp3) is 0.316. The number of anilines is 2. The smallest absolute Gasteiger partial charge is 0.224 e.